The van der Waals surface area contributed by atoms with Crippen molar-refractivity contribution < 1.29 is 28.2 Å². The van der Waals surface area contributed by atoms with Crippen molar-refractivity contribution in [1.29, 1.82) is 0 Å². The predicted molar refractivity (Wildman–Crippen MR) is 107 cm³/mol. The van der Waals surface area contributed by atoms with Crippen molar-refractivity contribution in [2.45, 2.75) is 25.8 Å². The van der Waals surface area contributed by atoms with Crippen LogP contribution in [-0.2, 0) is 24.4 Å². The number of benzene rings is 1. The summed E-state index contributed by atoms with van der Waals surface area (Å²) in [5, 5.41) is 10.5. The molecular weight excluding hydrogens is 374 g/mol. The highest BCUT2D eigenvalue weighted by Gasteiger charge is 2.16. The number of nitrogens with zero attached hydrogens (tertiary/aromatic N) is 1. The van der Waals surface area contributed by atoms with Crippen LogP contribution in [0.5, 0.6) is 11.5 Å². The third-order valence-electron chi connectivity index (χ3n) is 4.42. The van der Waals surface area contributed by atoms with Gasteiger partial charge >= 0.3 is 0 Å². The van der Waals surface area contributed by atoms with Gasteiger partial charge in [0.2, 0.25) is 0 Å². The fraction of sp³-hybridized carbons (Fsp3) is 0.364. The summed E-state index contributed by atoms with van der Waals surface area (Å²) in [4.78, 5) is 2.10. The van der Waals surface area contributed by atoms with Gasteiger partial charge in [-0.3, -0.25) is 4.90 Å². The first-order valence-electron chi connectivity index (χ1n) is 9.41. The lowest BCUT2D eigenvalue weighted by molar-refractivity contribution is 0.00162. The van der Waals surface area contributed by atoms with Crippen molar-refractivity contribution in [1.82, 2.24) is 4.90 Å². The Bertz CT molecular complexity index is 831. The molecule has 0 saturated carbocycles. The molecule has 7 heteroatoms. The van der Waals surface area contributed by atoms with E-state index < -0.39 is 6.10 Å². The second-order valence-electron chi connectivity index (χ2n) is 6.69. The third-order valence-corrected chi connectivity index (χ3v) is 4.42. The van der Waals surface area contributed by atoms with Gasteiger partial charge in [0, 0.05) is 13.1 Å². The van der Waals surface area contributed by atoms with Gasteiger partial charge in [-0.25, -0.2) is 0 Å². The van der Waals surface area contributed by atoms with Gasteiger partial charge in [-0.1, -0.05) is 6.07 Å². The minimum absolute atomic E-state index is 0.210. The van der Waals surface area contributed by atoms with E-state index in [-0.39, 0.29) is 6.61 Å². The van der Waals surface area contributed by atoms with E-state index in [9.17, 15) is 5.11 Å². The monoisotopic (exact) mass is 401 g/mol. The molecule has 3 rings (SSSR count). The van der Waals surface area contributed by atoms with E-state index in [0.29, 0.717) is 37.7 Å². The van der Waals surface area contributed by atoms with E-state index in [2.05, 4.69) is 4.90 Å². The fourth-order valence-electron chi connectivity index (χ4n) is 3.09. The van der Waals surface area contributed by atoms with Crippen LogP contribution in [0.15, 0.2) is 63.8 Å². The van der Waals surface area contributed by atoms with Crippen molar-refractivity contribution in [2.24, 2.45) is 0 Å². The second-order valence-corrected chi connectivity index (χ2v) is 6.69. The Labute approximate surface area is 170 Å². The van der Waals surface area contributed by atoms with Crippen LogP contribution in [0.25, 0.3) is 0 Å². The maximum Gasteiger partial charge on any atom is 0.161 e. The van der Waals surface area contributed by atoms with Crippen LogP contribution in [-0.4, -0.2) is 43.5 Å². The zero-order valence-corrected chi connectivity index (χ0v) is 16.7. The average molecular weight is 401 g/mol. The third kappa shape index (κ3) is 6.39. The molecule has 0 aliphatic heterocycles. The largest absolute Gasteiger partial charge is 0.493 e. The van der Waals surface area contributed by atoms with E-state index in [1.54, 1.807) is 26.7 Å². The van der Waals surface area contributed by atoms with E-state index >= 15 is 0 Å². The predicted octanol–water partition coefficient (Wildman–Crippen LogP) is 3.47. The lowest BCUT2D eigenvalue weighted by Gasteiger charge is -2.24. The molecule has 0 saturated heterocycles. The van der Waals surface area contributed by atoms with Crippen LogP contribution in [0.4, 0.5) is 0 Å². The highest BCUT2D eigenvalue weighted by molar-refractivity contribution is 5.42. The smallest absolute Gasteiger partial charge is 0.161 e. The molecular formula is C22H27NO6. The van der Waals surface area contributed by atoms with Gasteiger partial charge in [-0.05, 0) is 42.0 Å². The highest BCUT2D eigenvalue weighted by atomic mass is 16.5. The number of methoxy groups -OCH3 is 2. The van der Waals surface area contributed by atoms with Crippen molar-refractivity contribution >= 4 is 0 Å². The molecule has 0 aliphatic rings. The molecule has 0 bridgehead atoms. The summed E-state index contributed by atoms with van der Waals surface area (Å²) < 4.78 is 27.0. The zero-order valence-electron chi connectivity index (χ0n) is 16.7. The van der Waals surface area contributed by atoms with Crippen molar-refractivity contribution in [3.8, 4) is 11.5 Å². The van der Waals surface area contributed by atoms with Crippen molar-refractivity contribution in [2.75, 3.05) is 27.4 Å². The van der Waals surface area contributed by atoms with Crippen LogP contribution in [0.1, 0.15) is 17.1 Å². The first-order chi connectivity index (χ1) is 14.2. The molecule has 156 valence electrons. The summed E-state index contributed by atoms with van der Waals surface area (Å²) >= 11 is 0. The standard InChI is InChI=1S/C22H27NO6/c1-25-21-8-7-17(11-22(21)26-2)12-23(14-19-5-3-9-28-19)13-18(24)15-27-16-20-6-4-10-29-20/h3-11,18,24H,12-16H2,1-2H3/t18-/m0/s1. The number of ether oxygens (including phenoxy) is 3. The summed E-state index contributed by atoms with van der Waals surface area (Å²) in [6, 6.07) is 13.2. The van der Waals surface area contributed by atoms with E-state index in [4.69, 9.17) is 23.0 Å². The first kappa shape index (κ1) is 21.0. The molecule has 29 heavy (non-hydrogen) atoms. The minimum Gasteiger partial charge on any atom is -0.493 e. The van der Waals surface area contributed by atoms with Gasteiger partial charge in [0.1, 0.15) is 18.1 Å². The summed E-state index contributed by atoms with van der Waals surface area (Å²) in [7, 11) is 3.22. The molecule has 1 atom stereocenters. The first-order valence-corrected chi connectivity index (χ1v) is 9.41. The fourth-order valence-corrected chi connectivity index (χ4v) is 3.09. The quantitative estimate of drug-likeness (QED) is 0.498. The topological polar surface area (TPSA) is 77.4 Å². The molecule has 0 amide bonds. The van der Waals surface area contributed by atoms with Crippen LogP contribution in [0.2, 0.25) is 0 Å². The molecule has 1 aromatic carbocycles. The van der Waals surface area contributed by atoms with Crippen LogP contribution in [0.3, 0.4) is 0 Å². The minimum atomic E-state index is -0.653. The van der Waals surface area contributed by atoms with Gasteiger partial charge in [-0.15, -0.1) is 0 Å². The summed E-state index contributed by atoms with van der Waals surface area (Å²) in [6.45, 7) is 2.14. The van der Waals surface area contributed by atoms with Gasteiger partial charge < -0.3 is 28.2 Å². The van der Waals surface area contributed by atoms with Crippen LogP contribution >= 0.6 is 0 Å². The average Bonchev–Trinajstić information content (AvgIpc) is 3.42. The molecule has 1 N–H and O–H groups in total. The van der Waals surface area contributed by atoms with Crippen molar-refractivity contribution in [3.63, 3.8) is 0 Å². The lowest BCUT2D eigenvalue weighted by Crippen LogP contribution is -2.34. The Morgan fingerprint density at radius 3 is 2.31 bits per heavy atom. The number of aliphatic hydroxyl groups is 1. The molecule has 0 radical (unpaired) electrons. The molecule has 7 nitrogen and oxygen atoms in total. The van der Waals surface area contributed by atoms with Crippen LogP contribution in [0, 0.1) is 0 Å². The summed E-state index contributed by atoms with van der Waals surface area (Å²) in [6.07, 6.45) is 2.59. The Kier molecular flexibility index (Phi) is 7.75. The van der Waals surface area contributed by atoms with E-state index in [0.717, 1.165) is 17.1 Å². The Morgan fingerprint density at radius 2 is 1.66 bits per heavy atom. The van der Waals surface area contributed by atoms with Gasteiger partial charge in [0.05, 0.1) is 46.0 Å². The lowest BCUT2D eigenvalue weighted by atomic mass is 10.1. The van der Waals surface area contributed by atoms with Gasteiger partial charge in [-0.2, -0.15) is 0 Å². The van der Waals surface area contributed by atoms with Crippen LogP contribution < -0.4 is 9.47 Å². The SMILES string of the molecule is COc1ccc(CN(Cc2ccco2)C[C@H](O)COCc2ccco2)cc1OC. The molecule has 0 unspecified atom stereocenters. The molecule has 3 aromatic rings. The van der Waals surface area contributed by atoms with Crippen molar-refractivity contribution in [3.05, 3.63) is 72.1 Å². The maximum atomic E-state index is 10.5. The van der Waals surface area contributed by atoms with E-state index in [1.807, 2.05) is 42.5 Å². The molecule has 0 aliphatic carbocycles. The Morgan fingerprint density at radius 1 is 0.931 bits per heavy atom. The normalized spacial score (nSPS) is 12.3. The maximum absolute atomic E-state index is 10.5. The molecule has 0 spiro atoms. The zero-order chi connectivity index (χ0) is 20.5. The number of hydrogen-bond donors (Lipinski definition) is 1. The Hall–Kier alpha value is -2.74. The number of rotatable bonds is 12. The number of furan rings is 2. The van der Waals surface area contributed by atoms with Gasteiger partial charge in [0.25, 0.3) is 0 Å². The van der Waals surface area contributed by atoms with Gasteiger partial charge in [0.15, 0.2) is 11.5 Å². The Balaban J connectivity index is 1.61. The number of hydrogen-bond acceptors (Lipinski definition) is 7. The molecule has 2 heterocycles. The van der Waals surface area contributed by atoms with E-state index in [1.165, 1.54) is 0 Å². The summed E-state index contributed by atoms with van der Waals surface area (Å²) in [5.74, 6) is 2.91. The summed E-state index contributed by atoms with van der Waals surface area (Å²) in [5.41, 5.74) is 1.04. The highest BCUT2D eigenvalue weighted by Crippen LogP contribution is 2.28. The number of aliphatic hydroxyl groups excluding tert-OH is 1. The second kappa shape index (κ2) is 10.7. The molecule has 2 aromatic heterocycles. The molecule has 0 fully saturated rings.